The van der Waals surface area contributed by atoms with Gasteiger partial charge in [-0.3, -0.25) is 4.79 Å². The molecule has 0 fully saturated rings. The van der Waals surface area contributed by atoms with Gasteiger partial charge in [-0.1, -0.05) is 27.7 Å². The summed E-state index contributed by atoms with van der Waals surface area (Å²) in [5.74, 6) is 1.48. The van der Waals surface area contributed by atoms with E-state index in [-0.39, 0.29) is 0 Å². The first-order valence-corrected chi connectivity index (χ1v) is 5.61. The Morgan fingerprint density at radius 3 is 2.21 bits per heavy atom. The Morgan fingerprint density at radius 1 is 1.07 bits per heavy atom. The molecule has 14 heavy (non-hydrogen) atoms. The summed E-state index contributed by atoms with van der Waals surface area (Å²) in [7, 11) is 0. The fourth-order valence-corrected chi connectivity index (χ4v) is 1.16. The molecule has 0 aromatic heterocycles. The van der Waals surface area contributed by atoms with Crippen molar-refractivity contribution >= 4 is 5.78 Å². The molecule has 0 aliphatic carbocycles. The molecule has 0 radical (unpaired) electrons. The highest BCUT2D eigenvalue weighted by Gasteiger charge is 2.04. The smallest absolute Gasteiger partial charge is 0.135 e. The molecule has 0 heterocycles. The SMILES string of the molecule is CC(C)CCOCCC(=O)CC(C)C. The number of carbonyl (C=O) groups excluding carboxylic acids is 1. The highest BCUT2D eigenvalue weighted by Crippen LogP contribution is 2.03. The number of ether oxygens (including phenoxy) is 1. The number of carbonyl (C=O) groups is 1. The monoisotopic (exact) mass is 200 g/mol. The van der Waals surface area contributed by atoms with Crippen LogP contribution in [0.2, 0.25) is 0 Å². The van der Waals surface area contributed by atoms with Gasteiger partial charge in [0.25, 0.3) is 0 Å². The van der Waals surface area contributed by atoms with Gasteiger partial charge < -0.3 is 4.74 Å². The lowest BCUT2D eigenvalue weighted by Crippen LogP contribution is -2.08. The van der Waals surface area contributed by atoms with Gasteiger partial charge in [0, 0.05) is 19.4 Å². The molecule has 0 unspecified atom stereocenters. The average molecular weight is 200 g/mol. The quantitative estimate of drug-likeness (QED) is 0.563. The van der Waals surface area contributed by atoms with Crippen LogP contribution >= 0.6 is 0 Å². The molecule has 2 nitrogen and oxygen atoms in total. The number of ketones is 1. The number of hydrogen-bond donors (Lipinski definition) is 0. The van der Waals surface area contributed by atoms with Crippen molar-refractivity contribution < 1.29 is 9.53 Å². The number of hydrogen-bond acceptors (Lipinski definition) is 2. The summed E-state index contributed by atoms with van der Waals surface area (Å²) < 4.78 is 5.38. The molecule has 0 saturated carbocycles. The van der Waals surface area contributed by atoms with Gasteiger partial charge in [0.1, 0.15) is 5.78 Å². The van der Waals surface area contributed by atoms with E-state index in [1.165, 1.54) is 0 Å². The van der Waals surface area contributed by atoms with Crippen LogP contribution in [0.4, 0.5) is 0 Å². The third-order valence-corrected chi connectivity index (χ3v) is 2.00. The molecule has 0 bridgehead atoms. The summed E-state index contributed by atoms with van der Waals surface area (Å²) in [6, 6.07) is 0. The van der Waals surface area contributed by atoms with Gasteiger partial charge in [0.2, 0.25) is 0 Å². The van der Waals surface area contributed by atoms with Crippen molar-refractivity contribution in [1.29, 1.82) is 0 Å². The summed E-state index contributed by atoms with van der Waals surface area (Å²) in [5.41, 5.74) is 0. The van der Waals surface area contributed by atoms with Crippen LogP contribution < -0.4 is 0 Å². The van der Waals surface area contributed by atoms with E-state index in [1.54, 1.807) is 0 Å². The van der Waals surface area contributed by atoms with Crippen LogP contribution in [0.15, 0.2) is 0 Å². The third-order valence-electron chi connectivity index (χ3n) is 2.00. The molecule has 0 aromatic rings. The maximum atomic E-state index is 11.3. The first kappa shape index (κ1) is 13.6. The van der Waals surface area contributed by atoms with Crippen LogP contribution in [0.3, 0.4) is 0 Å². The predicted octanol–water partition coefficient (Wildman–Crippen LogP) is 3.05. The van der Waals surface area contributed by atoms with Crippen molar-refractivity contribution in [2.24, 2.45) is 11.8 Å². The molecule has 0 spiro atoms. The molecular weight excluding hydrogens is 176 g/mol. The van der Waals surface area contributed by atoms with Gasteiger partial charge in [0.15, 0.2) is 0 Å². The summed E-state index contributed by atoms with van der Waals surface area (Å²) >= 11 is 0. The van der Waals surface area contributed by atoms with E-state index in [4.69, 9.17) is 4.74 Å². The lowest BCUT2D eigenvalue weighted by molar-refractivity contribution is -0.120. The molecular formula is C12H24O2. The second kappa shape index (κ2) is 7.98. The Morgan fingerprint density at radius 2 is 1.71 bits per heavy atom. The fourth-order valence-electron chi connectivity index (χ4n) is 1.16. The highest BCUT2D eigenvalue weighted by atomic mass is 16.5. The number of Topliss-reactive ketones (excluding diaryl/α,β-unsaturated/α-hetero) is 1. The van der Waals surface area contributed by atoms with E-state index in [2.05, 4.69) is 27.7 Å². The van der Waals surface area contributed by atoms with E-state index in [0.717, 1.165) is 13.0 Å². The fraction of sp³-hybridized carbons (Fsp3) is 0.917. The van der Waals surface area contributed by atoms with Crippen molar-refractivity contribution in [3.05, 3.63) is 0 Å². The maximum Gasteiger partial charge on any atom is 0.135 e. The molecule has 84 valence electrons. The van der Waals surface area contributed by atoms with Gasteiger partial charge >= 0.3 is 0 Å². The molecule has 0 aliphatic heterocycles. The second-order valence-corrected chi connectivity index (χ2v) is 4.68. The Hall–Kier alpha value is -0.370. The van der Waals surface area contributed by atoms with Crippen LogP contribution in [0, 0.1) is 11.8 Å². The third kappa shape index (κ3) is 9.72. The molecule has 0 N–H and O–H groups in total. The molecule has 0 atom stereocenters. The second-order valence-electron chi connectivity index (χ2n) is 4.68. The predicted molar refractivity (Wildman–Crippen MR) is 59.4 cm³/mol. The Kier molecular flexibility index (Phi) is 7.77. The van der Waals surface area contributed by atoms with Gasteiger partial charge in [-0.2, -0.15) is 0 Å². The summed E-state index contributed by atoms with van der Waals surface area (Å²) in [6.07, 6.45) is 2.35. The zero-order valence-corrected chi connectivity index (χ0v) is 10.0. The van der Waals surface area contributed by atoms with E-state index < -0.39 is 0 Å². The lowest BCUT2D eigenvalue weighted by atomic mass is 10.1. The summed E-state index contributed by atoms with van der Waals surface area (Å²) in [6.45, 7) is 9.86. The van der Waals surface area contributed by atoms with Crippen molar-refractivity contribution in [1.82, 2.24) is 0 Å². The van der Waals surface area contributed by atoms with Crippen molar-refractivity contribution in [2.75, 3.05) is 13.2 Å². The van der Waals surface area contributed by atoms with Crippen LogP contribution in [-0.2, 0) is 9.53 Å². The first-order chi connectivity index (χ1) is 6.52. The Labute approximate surface area is 88.0 Å². The van der Waals surface area contributed by atoms with Crippen molar-refractivity contribution in [2.45, 2.75) is 47.0 Å². The van der Waals surface area contributed by atoms with Crippen LogP contribution in [0.25, 0.3) is 0 Å². The van der Waals surface area contributed by atoms with Crippen LogP contribution in [0.5, 0.6) is 0 Å². The van der Waals surface area contributed by atoms with Gasteiger partial charge in [-0.05, 0) is 18.3 Å². The first-order valence-electron chi connectivity index (χ1n) is 5.61. The van der Waals surface area contributed by atoms with Crippen LogP contribution in [0.1, 0.15) is 47.0 Å². The minimum Gasteiger partial charge on any atom is -0.381 e. The molecule has 0 rings (SSSR count). The molecule has 0 amide bonds. The normalized spacial score (nSPS) is 11.3. The van der Waals surface area contributed by atoms with E-state index >= 15 is 0 Å². The molecule has 0 saturated heterocycles. The zero-order valence-electron chi connectivity index (χ0n) is 10.0. The van der Waals surface area contributed by atoms with E-state index in [1.807, 2.05) is 0 Å². The van der Waals surface area contributed by atoms with Gasteiger partial charge in [-0.25, -0.2) is 0 Å². The van der Waals surface area contributed by atoms with E-state index in [0.29, 0.717) is 37.1 Å². The zero-order chi connectivity index (χ0) is 11.0. The van der Waals surface area contributed by atoms with Gasteiger partial charge in [0.05, 0.1) is 6.61 Å². The minimum absolute atomic E-state index is 0.324. The summed E-state index contributed by atoms with van der Waals surface area (Å²) in [4.78, 5) is 11.3. The minimum atomic E-state index is 0.324. The van der Waals surface area contributed by atoms with Crippen molar-refractivity contribution in [3.8, 4) is 0 Å². The van der Waals surface area contributed by atoms with E-state index in [9.17, 15) is 4.79 Å². The highest BCUT2D eigenvalue weighted by molar-refractivity contribution is 5.78. The van der Waals surface area contributed by atoms with Crippen molar-refractivity contribution in [3.63, 3.8) is 0 Å². The summed E-state index contributed by atoms with van der Waals surface area (Å²) in [5, 5.41) is 0. The Bertz CT molecular complexity index is 150. The number of rotatable bonds is 8. The topological polar surface area (TPSA) is 26.3 Å². The average Bonchev–Trinajstić information content (AvgIpc) is 2.01. The Balaban J connectivity index is 3.23. The van der Waals surface area contributed by atoms with Gasteiger partial charge in [-0.15, -0.1) is 0 Å². The molecule has 0 aromatic carbocycles. The van der Waals surface area contributed by atoms with Crippen LogP contribution in [-0.4, -0.2) is 19.0 Å². The molecule has 2 heteroatoms. The molecule has 0 aliphatic rings. The maximum absolute atomic E-state index is 11.3. The lowest BCUT2D eigenvalue weighted by Gasteiger charge is -2.06. The standard InChI is InChI=1S/C12H24O2/c1-10(2)5-7-14-8-6-12(13)9-11(3)4/h10-11H,5-9H2,1-4H3. The largest absolute Gasteiger partial charge is 0.381 e.